The maximum absolute atomic E-state index is 14.2. The van der Waals surface area contributed by atoms with Gasteiger partial charge in [-0.25, -0.2) is 13.2 Å². The molecule has 1 aliphatic heterocycles. The third-order valence-corrected chi connectivity index (χ3v) is 12.2. The average Bonchev–Trinajstić information content (AvgIpc) is 3.33. The number of urea groups is 1. The predicted octanol–water partition coefficient (Wildman–Crippen LogP) is 7.67. The number of Topliss-reactive ketones (excluding diaryl/α,β-unsaturated/α-hetero) is 1. The highest BCUT2D eigenvalue weighted by Gasteiger charge is 2.62. The first-order valence-corrected chi connectivity index (χ1v) is 20.5. The second kappa shape index (κ2) is 19.5. The van der Waals surface area contributed by atoms with Crippen molar-refractivity contribution in [2.75, 3.05) is 17.6 Å². The number of benzene rings is 2. The number of carbonyl (C=O) groups excluding carboxylic acids is 4. The number of alkyl halides is 1. The number of sulfone groups is 1. The molecular weight excluding hydrogens is 688 g/mol. The summed E-state index contributed by atoms with van der Waals surface area (Å²) in [7, 11) is -3.58. The number of hydrogen-bond donors (Lipinski definition) is 2. The summed E-state index contributed by atoms with van der Waals surface area (Å²) >= 11 is 7.10. The van der Waals surface area contributed by atoms with Crippen LogP contribution in [0.25, 0.3) is 0 Å². The zero-order valence-corrected chi connectivity index (χ0v) is 32.5. The van der Waals surface area contributed by atoms with Crippen LogP contribution in [0, 0.1) is 5.41 Å². The number of amides is 4. The van der Waals surface area contributed by atoms with Gasteiger partial charge in [0.1, 0.15) is 0 Å². The van der Waals surface area contributed by atoms with Gasteiger partial charge >= 0.3 is 6.03 Å². The molecular formula is C39H57ClN4O6S. The van der Waals surface area contributed by atoms with E-state index in [1.165, 1.54) is 32.1 Å². The van der Waals surface area contributed by atoms with Crippen LogP contribution in [-0.2, 0) is 30.8 Å². The van der Waals surface area contributed by atoms with Gasteiger partial charge in [-0.1, -0.05) is 153 Å². The van der Waals surface area contributed by atoms with E-state index >= 15 is 0 Å². The number of imide groups is 1. The summed E-state index contributed by atoms with van der Waals surface area (Å²) in [5, 5.41) is 4.75. The number of anilines is 1. The second-order valence-electron chi connectivity index (χ2n) is 14.5. The van der Waals surface area contributed by atoms with E-state index in [9.17, 15) is 27.6 Å². The van der Waals surface area contributed by atoms with Crippen LogP contribution in [-0.4, -0.2) is 70.6 Å². The van der Waals surface area contributed by atoms with Gasteiger partial charge in [-0.05, 0) is 30.5 Å². The number of carbonyl (C=O) groups is 4. The molecule has 0 bridgehead atoms. The third kappa shape index (κ3) is 11.4. The Morgan fingerprint density at radius 3 is 1.88 bits per heavy atom. The molecule has 1 heterocycles. The minimum absolute atomic E-state index is 0.00646. The highest BCUT2D eigenvalue weighted by molar-refractivity contribution is 7.92. The normalized spacial score (nSPS) is 17.0. The van der Waals surface area contributed by atoms with Gasteiger partial charge in [-0.2, -0.15) is 0 Å². The quantitative estimate of drug-likeness (QED) is 0.0416. The standard InChI is InChI=1S/C39H57ClN4O6S/c1-6-8-9-10-11-12-13-14-15-22-27-51(49,50)32(7-2)28-41-33-34(45)43(29-30-23-18-16-19-24-30)37(48)44(33)39(40,35(46)38(3,4)5)36(47)42-31-25-20-17-21-26-31/h16-21,23-26,32-33,41H,6-15,22,27-29H2,1-5H3,(H,42,47). The largest absolute Gasteiger partial charge is 0.331 e. The van der Waals surface area contributed by atoms with Gasteiger partial charge in [0.15, 0.2) is 21.8 Å². The molecule has 2 N–H and O–H groups in total. The van der Waals surface area contributed by atoms with Crippen molar-refractivity contribution in [2.45, 2.75) is 128 Å². The smallest absolute Gasteiger partial charge is 0.323 e. The van der Waals surface area contributed by atoms with Crippen LogP contribution in [0.2, 0.25) is 0 Å². The van der Waals surface area contributed by atoms with Crippen LogP contribution in [0.15, 0.2) is 60.7 Å². The molecule has 1 saturated heterocycles. The van der Waals surface area contributed by atoms with Crippen LogP contribution >= 0.6 is 11.6 Å². The summed E-state index contributed by atoms with van der Waals surface area (Å²) in [5.41, 5.74) is -0.246. The Balaban J connectivity index is 1.85. The van der Waals surface area contributed by atoms with E-state index in [-0.39, 0.29) is 25.3 Å². The van der Waals surface area contributed by atoms with E-state index in [1.54, 1.807) is 88.4 Å². The molecule has 10 nitrogen and oxygen atoms in total. The van der Waals surface area contributed by atoms with Gasteiger partial charge < -0.3 is 5.32 Å². The number of rotatable bonds is 22. The van der Waals surface area contributed by atoms with Crippen molar-refractivity contribution in [3.8, 4) is 0 Å². The van der Waals surface area contributed by atoms with E-state index in [2.05, 4.69) is 17.6 Å². The molecule has 0 saturated carbocycles. The topological polar surface area (TPSA) is 133 Å². The molecule has 2 aromatic carbocycles. The van der Waals surface area contributed by atoms with Crippen molar-refractivity contribution in [2.24, 2.45) is 5.41 Å². The second-order valence-corrected chi connectivity index (χ2v) is 17.4. The fourth-order valence-electron chi connectivity index (χ4n) is 6.27. The number of hydrogen-bond acceptors (Lipinski definition) is 7. The molecule has 1 aliphatic rings. The lowest BCUT2D eigenvalue weighted by atomic mass is 9.84. The molecule has 3 rings (SSSR count). The minimum atomic E-state index is -3.58. The van der Waals surface area contributed by atoms with E-state index in [0.717, 1.165) is 35.5 Å². The molecule has 51 heavy (non-hydrogen) atoms. The summed E-state index contributed by atoms with van der Waals surface area (Å²) in [4.78, 5) is 55.6. The first kappa shape index (κ1) is 42.1. The first-order chi connectivity index (χ1) is 24.2. The molecule has 2 aromatic rings. The molecule has 0 radical (unpaired) electrons. The van der Waals surface area contributed by atoms with Crippen molar-refractivity contribution in [1.82, 2.24) is 15.1 Å². The number of ketones is 1. The van der Waals surface area contributed by atoms with Gasteiger partial charge in [0.05, 0.1) is 17.5 Å². The SMILES string of the molecule is CCCCCCCCCCCCS(=O)(=O)C(CC)CNC1C(=O)N(Cc2ccccc2)C(=O)N1C(Cl)(C(=O)Nc1ccccc1)C(=O)C(C)(C)C. The van der Waals surface area contributed by atoms with Crippen molar-refractivity contribution in [3.05, 3.63) is 66.2 Å². The molecule has 282 valence electrons. The lowest BCUT2D eigenvalue weighted by molar-refractivity contribution is -0.141. The van der Waals surface area contributed by atoms with Gasteiger partial charge in [-0.15, -0.1) is 0 Å². The lowest BCUT2D eigenvalue weighted by Crippen LogP contribution is -2.66. The minimum Gasteiger partial charge on any atom is -0.323 e. The summed E-state index contributed by atoms with van der Waals surface area (Å²) in [6.07, 6.45) is 9.47. The summed E-state index contributed by atoms with van der Waals surface area (Å²) < 4.78 is 27.0. The number of halogens is 1. The van der Waals surface area contributed by atoms with Crippen LogP contribution in [0.5, 0.6) is 0 Å². The van der Waals surface area contributed by atoms with E-state index < -0.39 is 55.3 Å². The number of unbranched alkanes of at least 4 members (excludes halogenated alkanes) is 9. The highest BCUT2D eigenvalue weighted by atomic mass is 35.5. The molecule has 3 atom stereocenters. The maximum atomic E-state index is 14.2. The van der Waals surface area contributed by atoms with Crippen LogP contribution < -0.4 is 10.6 Å². The molecule has 12 heteroatoms. The molecule has 0 aliphatic carbocycles. The monoisotopic (exact) mass is 744 g/mol. The molecule has 3 unspecified atom stereocenters. The number of nitrogens with one attached hydrogen (secondary N) is 2. The van der Waals surface area contributed by atoms with E-state index in [4.69, 9.17) is 11.6 Å². The fraction of sp³-hybridized carbons (Fsp3) is 0.590. The van der Waals surface area contributed by atoms with Crippen LogP contribution in [0.4, 0.5) is 10.5 Å². The fourth-order valence-corrected chi connectivity index (χ4v) is 8.57. The Bertz CT molecular complexity index is 1550. The Labute approximate surface area is 310 Å². The van der Waals surface area contributed by atoms with E-state index in [1.807, 2.05) is 0 Å². The summed E-state index contributed by atoms with van der Waals surface area (Å²) in [6.45, 7) is 8.34. The van der Waals surface area contributed by atoms with Crippen LogP contribution in [0.3, 0.4) is 0 Å². The molecule has 0 aromatic heterocycles. The van der Waals surface area contributed by atoms with Crippen molar-refractivity contribution < 1.29 is 27.6 Å². The summed E-state index contributed by atoms with van der Waals surface area (Å²) in [6, 6.07) is 16.2. The first-order valence-electron chi connectivity index (χ1n) is 18.4. The predicted molar refractivity (Wildman–Crippen MR) is 204 cm³/mol. The van der Waals surface area contributed by atoms with Gasteiger partial charge in [0.2, 0.25) is 0 Å². The van der Waals surface area contributed by atoms with Crippen LogP contribution in [0.1, 0.15) is 111 Å². The Morgan fingerprint density at radius 1 is 0.824 bits per heavy atom. The average molecular weight is 745 g/mol. The Hall–Kier alpha value is -3.28. The Morgan fingerprint density at radius 2 is 1.35 bits per heavy atom. The van der Waals surface area contributed by atoms with E-state index in [0.29, 0.717) is 17.7 Å². The highest BCUT2D eigenvalue weighted by Crippen LogP contribution is 2.38. The van der Waals surface area contributed by atoms with Gasteiger partial charge in [-0.3, -0.25) is 29.5 Å². The molecule has 0 spiro atoms. The maximum Gasteiger partial charge on any atom is 0.331 e. The van der Waals surface area contributed by atoms with Gasteiger partial charge in [0, 0.05) is 17.6 Å². The number of nitrogens with zero attached hydrogens (tertiary/aromatic N) is 2. The molecule has 4 amide bonds. The van der Waals surface area contributed by atoms with Gasteiger partial charge in [0.25, 0.3) is 16.8 Å². The zero-order valence-electron chi connectivity index (χ0n) is 31.0. The van der Waals surface area contributed by atoms with Crippen molar-refractivity contribution in [3.63, 3.8) is 0 Å². The Kier molecular flexibility index (Phi) is 16.1. The summed E-state index contributed by atoms with van der Waals surface area (Å²) in [5.74, 6) is -2.55. The lowest BCUT2D eigenvalue weighted by Gasteiger charge is -2.39. The van der Waals surface area contributed by atoms with Crippen molar-refractivity contribution in [1.29, 1.82) is 0 Å². The molecule has 1 fully saturated rings. The van der Waals surface area contributed by atoms with Crippen molar-refractivity contribution >= 4 is 50.8 Å². The number of para-hydroxylation sites is 1. The zero-order chi connectivity index (χ0) is 37.7. The third-order valence-electron chi connectivity index (χ3n) is 9.31.